The number of nitrogens with one attached hydrogen (secondary N) is 2. The Morgan fingerprint density at radius 3 is 1.87 bits per heavy atom. The molecule has 4 aromatic rings. The maximum Gasteiger partial charge on any atom is 0.312 e. The van der Waals surface area contributed by atoms with Crippen LogP contribution < -0.4 is 15.4 Å². The molecule has 4 aromatic carbocycles. The second kappa shape index (κ2) is 14.5. The van der Waals surface area contributed by atoms with Crippen molar-refractivity contribution in [3.8, 4) is 0 Å². The van der Waals surface area contributed by atoms with Gasteiger partial charge in [0.2, 0.25) is 0 Å². The van der Waals surface area contributed by atoms with E-state index in [1.807, 2.05) is 35.3 Å². The minimum atomic E-state index is -4.74. The minimum absolute atomic E-state index is 0.0792. The van der Waals surface area contributed by atoms with Crippen LogP contribution in [0.1, 0.15) is 37.3 Å². The van der Waals surface area contributed by atoms with Gasteiger partial charge in [-0.25, -0.2) is 21.8 Å². The van der Waals surface area contributed by atoms with E-state index < -0.39 is 30.0 Å². The van der Waals surface area contributed by atoms with E-state index in [0.717, 1.165) is 48.6 Å². The second-order valence-electron chi connectivity index (χ2n) is 10.9. The molecule has 248 valence electrons. The van der Waals surface area contributed by atoms with Crippen molar-refractivity contribution in [1.29, 1.82) is 0 Å². The highest BCUT2D eigenvalue weighted by Crippen LogP contribution is 2.40. The lowest BCUT2D eigenvalue weighted by molar-refractivity contribution is -0.940. The van der Waals surface area contributed by atoms with Gasteiger partial charge in [0, 0.05) is 27.2 Å². The van der Waals surface area contributed by atoms with E-state index in [2.05, 4.69) is 10.5 Å². The Labute approximate surface area is 287 Å². The van der Waals surface area contributed by atoms with Crippen LogP contribution in [0.2, 0.25) is 15.1 Å². The fourth-order valence-corrected chi connectivity index (χ4v) is 7.51. The highest BCUT2D eigenvalue weighted by atomic mass is 35.5. The van der Waals surface area contributed by atoms with Crippen molar-refractivity contribution in [2.75, 3.05) is 18.1 Å². The van der Waals surface area contributed by atoms with Gasteiger partial charge in [-0.15, -0.1) is 0 Å². The van der Waals surface area contributed by atoms with Gasteiger partial charge in [0.15, 0.2) is 0 Å². The van der Waals surface area contributed by atoms with Crippen LogP contribution in [0.25, 0.3) is 10.8 Å². The fraction of sp³-hybridized carbons (Fsp3) is 0.226. The maximum absolute atomic E-state index is 12.9. The first-order chi connectivity index (χ1) is 22.2. The Morgan fingerprint density at radius 2 is 1.34 bits per heavy atom. The summed E-state index contributed by atoms with van der Waals surface area (Å²) < 4.78 is 66.1. The topological polar surface area (TPSA) is 164 Å². The van der Waals surface area contributed by atoms with Crippen molar-refractivity contribution >= 4 is 83.1 Å². The average molecular weight is 739 g/mol. The van der Waals surface area contributed by atoms with Crippen molar-refractivity contribution in [1.82, 2.24) is 5.43 Å². The Bertz CT molecular complexity index is 1980. The lowest BCUT2D eigenvalue weighted by atomic mass is 10.0. The van der Waals surface area contributed by atoms with Crippen LogP contribution in [0.15, 0.2) is 93.8 Å². The van der Waals surface area contributed by atoms with Gasteiger partial charge in [-0.05, 0) is 67.3 Å². The number of hydrogen-bond donors (Lipinski definition) is 2. The molecule has 1 fully saturated rings. The highest BCUT2D eigenvalue weighted by molar-refractivity contribution is 7.86. The number of nitrogens with zero attached hydrogens (tertiary/aromatic N) is 2. The Hall–Kier alpha value is -3.27. The zero-order chi connectivity index (χ0) is 33.9. The fourth-order valence-electron chi connectivity index (χ4n) is 5.51. The molecule has 0 bridgehead atoms. The molecule has 2 N–H and O–H groups in total. The van der Waals surface area contributed by atoms with Gasteiger partial charge in [-0.2, -0.15) is 10.5 Å². The SMILES string of the molecule is O=C(N[NH+]1CCCCC1)C1=NN(c2ccc(Cl)cc2Cl)C(c2ccc(Cl)cc2)C1.O=S(=O)([O-])c1cccc2c(S(=O)(=O)[O-])cccc12. The average Bonchev–Trinajstić information content (AvgIpc) is 3.46. The van der Waals surface area contributed by atoms with Crippen molar-refractivity contribution < 1.29 is 35.7 Å². The lowest BCUT2D eigenvalue weighted by Crippen LogP contribution is -3.20. The molecular formula is C31H28Cl3N4O7S2-. The summed E-state index contributed by atoms with van der Waals surface area (Å²) in [5, 5.41) is 9.12. The number of anilines is 1. The van der Waals surface area contributed by atoms with Gasteiger partial charge in [0.25, 0.3) is 0 Å². The molecule has 11 nitrogen and oxygen atoms in total. The van der Waals surface area contributed by atoms with E-state index in [1.165, 1.54) is 30.7 Å². The van der Waals surface area contributed by atoms with E-state index in [-0.39, 0.29) is 22.7 Å². The van der Waals surface area contributed by atoms with Gasteiger partial charge in [0.05, 0.1) is 39.6 Å². The molecule has 1 saturated heterocycles. The third kappa shape index (κ3) is 8.42. The van der Waals surface area contributed by atoms with Gasteiger partial charge in [-0.1, -0.05) is 71.2 Å². The van der Waals surface area contributed by atoms with E-state index in [0.29, 0.717) is 32.9 Å². The number of quaternary nitrogens is 1. The molecule has 1 amide bonds. The molecular weight excluding hydrogens is 711 g/mol. The van der Waals surface area contributed by atoms with Crippen LogP contribution in [-0.2, 0) is 25.0 Å². The number of fused-ring (bicyclic) bond motifs is 1. The number of hydrogen-bond acceptors (Lipinski definition) is 9. The van der Waals surface area contributed by atoms with Crippen LogP contribution in [-0.4, -0.2) is 50.6 Å². The predicted molar refractivity (Wildman–Crippen MR) is 178 cm³/mol. The molecule has 2 heterocycles. The smallest absolute Gasteiger partial charge is 0.312 e. The number of amides is 1. The standard InChI is InChI=1S/C21H21Cl3N4O.C10H8O6S2/c22-15-6-4-14(5-7-15)20-13-18(21(29)26-27-10-2-1-3-11-27)25-28(20)19-9-8-16(23)12-17(19)24;11-17(12,13)9-5-1-3-7-8(9)4-2-6-10(7)18(14,15)16/h4-9,12,20H,1-3,10-11,13H2,(H,26,29);1-6H,(H,11,12,13)(H,14,15,16)/p-1. The summed E-state index contributed by atoms with van der Waals surface area (Å²) >= 11 is 18.6. The highest BCUT2D eigenvalue weighted by Gasteiger charge is 2.34. The van der Waals surface area contributed by atoms with E-state index in [9.17, 15) is 30.7 Å². The molecule has 0 radical (unpaired) electrons. The number of piperidine rings is 1. The van der Waals surface area contributed by atoms with Crippen LogP contribution >= 0.6 is 34.8 Å². The summed E-state index contributed by atoms with van der Waals surface area (Å²) in [5.41, 5.74) is 5.30. The zero-order valence-electron chi connectivity index (χ0n) is 24.5. The molecule has 16 heteroatoms. The maximum atomic E-state index is 12.9. The summed E-state index contributed by atoms with van der Waals surface area (Å²) in [6.07, 6.45) is 3.96. The van der Waals surface area contributed by atoms with Crippen LogP contribution in [0.5, 0.6) is 0 Å². The molecule has 2 aliphatic heterocycles. The molecule has 0 aliphatic carbocycles. The van der Waals surface area contributed by atoms with Crippen molar-refractivity contribution in [2.24, 2.45) is 5.10 Å². The number of halogens is 3. The quantitative estimate of drug-likeness (QED) is 0.269. The molecule has 6 rings (SSSR count). The number of carbonyl (C=O) groups is 1. The van der Waals surface area contributed by atoms with Gasteiger partial charge in [0.1, 0.15) is 25.9 Å². The van der Waals surface area contributed by atoms with Crippen LogP contribution in [0.4, 0.5) is 5.69 Å². The first kappa shape index (κ1) is 35.0. The molecule has 2 aliphatic rings. The van der Waals surface area contributed by atoms with Crippen molar-refractivity contribution in [2.45, 2.75) is 41.5 Å². The molecule has 0 aromatic heterocycles. The molecule has 1 atom stereocenters. The Kier molecular flexibility index (Phi) is 10.8. The second-order valence-corrected chi connectivity index (χ2v) is 14.9. The van der Waals surface area contributed by atoms with E-state index in [1.54, 1.807) is 12.1 Å². The predicted octanol–water partition coefficient (Wildman–Crippen LogP) is 4.70. The third-order valence-electron chi connectivity index (χ3n) is 7.71. The molecule has 47 heavy (non-hydrogen) atoms. The van der Waals surface area contributed by atoms with Crippen LogP contribution in [0, 0.1) is 0 Å². The van der Waals surface area contributed by atoms with Crippen LogP contribution in [0.3, 0.4) is 0 Å². The summed E-state index contributed by atoms with van der Waals surface area (Å²) in [6, 6.07) is 19.8. The number of hydrazone groups is 1. The summed E-state index contributed by atoms with van der Waals surface area (Å²) in [6.45, 7) is 1.90. The molecule has 0 saturated carbocycles. The number of benzene rings is 4. The first-order valence-electron chi connectivity index (χ1n) is 14.4. The van der Waals surface area contributed by atoms with Gasteiger partial charge in [-0.3, -0.25) is 9.80 Å². The Morgan fingerprint density at radius 1 is 0.787 bits per heavy atom. The Balaban J connectivity index is 0.000000207. The van der Waals surface area contributed by atoms with Gasteiger partial charge >= 0.3 is 5.91 Å². The largest absolute Gasteiger partial charge is 0.744 e. The van der Waals surface area contributed by atoms with Gasteiger partial charge < -0.3 is 9.11 Å². The van der Waals surface area contributed by atoms with E-state index in [4.69, 9.17) is 34.8 Å². The summed E-state index contributed by atoms with van der Waals surface area (Å²) in [7, 11) is -9.48. The van der Waals surface area contributed by atoms with E-state index >= 15 is 0 Å². The molecule has 0 spiro atoms. The van der Waals surface area contributed by atoms with Crippen molar-refractivity contribution in [3.05, 3.63) is 99.5 Å². The summed E-state index contributed by atoms with van der Waals surface area (Å²) in [4.78, 5) is 11.8. The minimum Gasteiger partial charge on any atom is -0.744 e. The normalized spacial score (nSPS) is 17.2. The number of rotatable bonds is 6. The summed E-state index contributed by atoms with van der Waals surface area (Å²) in [5.74, 6) is -0.131. The third-order valence-corrected chi connectivity index (χ3v) is 10.3. The first-order valence-corrected chi connectivity index (χ1v) is 18.3. The number of carbonyl (C=O) groups excluding carboxylic acids is 1. The van der Waals surface area contributed by atoms with Crippen molar-refractivity contribution in [3.63, 3.8) is 0 Å². The molecule has 1 unspecified atom stereocenters. The lowest BCUT2D eigenvalue weighted by Gasteiger charge is -2.25. The monoisotopic (exact) mass is 737 g/mol. The zero-order valence-corrected chi connectivity index (χ0v) is 28.4.